The summed E-state index contributed by atoms with van der Waals surface area (Å²) in [5, 5.41) is 24.6. The fraction of sp³-hybridized carbons (Fsp3) is 0.0435. The molecule has 0 aliphatic rings. The molecule has 5 nitrogen and oxygen atoms in total. The number of anilines is 1. The fourth-order valence-corrected chi connectivity index (χ4v) is 3.32. The van der Waals surface area contributed by atoms with Crippen LogP contribution < -0.4 is 5.32 Å². The standard InChI is InChI=1S/C23H18N2O3/c26-22-18(13-12-16-9-6-14-24-21(16)22)20(15-7-2-1-3-8-15)25-19-11-5-4-10-17(19)23(27)28/h1-14,20,25-26H,(H,27,28)/t20-/m0/s1. The number of aromatic carboxylic acids is 1. The molecular formula is C23H18N2O3. The largest absolute Gasteiger partial charge is 0.505 e. The van der Waals surface area contributed by atoms with Gasteiger partial charge >= 0.3 is 5.97 Å². The van der Waals surface area contributed by atoms with Crippen molar-refractivity contribution in [3.05, 3.63) is 102 Å². The molecule has 138 valence electrons. The van der Waals surface area contributed by atoms with Gasteiger partial charge in [-0.3, -0.25) is 4.98 Å². The van der Waals surface area contributed by atoms with Crippen LogP contribution in [0.15, 0.2) is 85.1 Å². The molecule has 0 saturated carbocycles. The number of fused-ring (bicyclic) bond motifs is 1. The van der Waals surface area contributed by atoms with Gasteiger partial charge in [0, 0.05) is 22.8 Å². The summed E-state index contributed by atoms with van der Waals surface area (Å²) >= 11 is 0. The van der Waals surface area contributed by atoms with E-state index in [1.54, 1.807) is 30.5 Å². The minimum Gasteiger partial charge on any atom is -0.505 e. The van der Waals surface area contributed by atoms with Gasteiger partial charge < -0.3 is 15.5 Å². The van der Waals surface area contributed by atoms with Gasteiger partial charge in [0.25, 0.3) is 0 Å². The number of carboxylic acids is 1. The summed E-state index contributed by atoms with van der Waals surface area (Å²) in [6.45, 7) is 0. The van der Waals surface area contributed by atoms with E-state index in [1.807, 2.05) is 54.6 Å². The average molecular weight is 370 g/mol. The normalized spacial score (nSPS) is 11.9. The molecule has 1 heterocycles. The number of phenols is 1. The van der Waals surface area contributed by atoms with Gasteiger partial charge in [-0.1, -0.05) is 60.7 Å². The van der Waals surface area contributed by atoms with Crippen molar-refractivity contribution >= 4 is 22.6 Å². The molecule has 0 aliphatic carbocycles. The quantitative estimate of drug-likeness (QED) is 0.468. The van der Waals surface area contributed by atoms with Gasteiger partial charge in [0.1, 0.15) is 11.3 Å². The second kappa shape index (κ2) is 7.40. The summed E-state index contributed by atoms with van der Waals surface area (Å²) in [5.41, 5.74) is 2.67. The summed E-state index contributed by atoms with van der Waals surface area (Å²) in [7, 11) is 0. The zero-order chi connectivity index (χ0) is 19.5. The summed E-state index contributed by atoms with van der Waals surface area (Å²) in [5.74, 6) is -0.938. The second-order valence-corrected chi connectivity index (χ2v) is 6.42. The summed E-state index contributed by atoms with van der Waals surface area (Å²) in [6, 6.07) is 23.3. The number of aromatic nitrogens is 1. The number of para-hydroxylation sites is 1. The monoisotopic (exact) mass is 370 g/mol. The highest BCUT2D eigenvalue weighted by molar-refractivity contribution is 5.94. The van der Waals surface area contributed by atoms with Crippen LogP contribution in [0.1, 0.15) is 27.5 Å². The highest BCUT2D eigenvalue weighted by Crippen LogP contribution is 2.36. The lowest BCUT2D eigenvalue weighted by atomic mass is 9.95. The van der Waals surface area contributed by atoms with Crippen molar-refractivity contribution < 1.29 is 15.0 Å². The number of nitrogens with zero attached hydrogens (tertiary/aromatic N) is 1. The SMILES string of the molecule is O=C(O)c1ccccc1N[C@@H](c1ccccc1)c1ccc2cccnc2c1O. The molecule has 0 fully saturated rings. The molecule has 0 bridgehead atoms. The molecule has 0 spiro atoms. The Morgan fingerprint density at radius 1 is 0.893 bits per heavy atom. The molecule has 28 heavy (non-hydrogen) atoms. The minimum atomic E-state index is -1.01. The van der Waals surface area contributed by atoms with E-state index in [1.165, 1.54) is 0 Å². The van der Waals surface area contributed by atoms with Crippen LogP contribution in [-0.4, -0.2) is 21.2 Å². The molecule has 4 aromatic rings. The maximum Gasteiger partial charge on any atom is 0.337 e. The van der Waals surface area contributed by atoms with Crippen LogP contribution in [0.25, 0.3) is 10.9 Å². The first kappa shape index (κ1) is 17.5. The molecule has 1 atom stereocenters. The van der Waals surface area contributed by atoms with Crippen molar-refractivity contribution in [2.75, 3.05) is 5.32 Å². The number of carboxylic acid groups (broad SMARTS) is 1. The molecule has 1 aromatic heterocycles. The Hall–Kier alpha value is -3.86. The summed E-state index contributed by atoms with van der Waals surface area (Å²) in [6.07, 6.45) is 1.64. The third-order valence-electron chi connectivity index (χ3n) is 4.68. The predicted octanol–water partition coefficient (Wildman–Crippen LogP) is 4.84. The number of hydrogen-bond donors (Lipinski definition) is 3. The van der Waals surface area contributed by atoms with Crippen LogP contribution in [0, 0.1) is 0 Å². The van der Waals surface area contributed by atoms with Crippen molar-refractivity contribution in [1.29, 1.82) is 0 Å². The van der Waals surface area contributed by atoms with E-state index in [2.05, 4.69) is 10.3 Å². The number of rotatable bonds is 5. The highest BCUT2D eigenvalue weighted by Gasteiger charge is 2.21. The van der Waals surface area contributed by atoms with Crippen LogP contribution >= 0.6 is 0 Å². The van der Waals surface area contributed by atoms with Crippen LogP contribution in [-0.2, 0) is 0 Å². The molecule has 0 unspecified atom stereocenters. The number of nitrogens with one attached hydrogen (secondary N) is 1. The van der Waals surface area contributed by atoms with E-state index in [-0.39, 0.29) is 11.3 Å². The van der Waals surface area contributed by atoms with Crippen molar-refractivity contribution in [3.63, 3.8) is 0 Å². The molecular weight excluding hydrogens is 352 g/mol. The van der Waals surface area contributed by atoms with Gasteiger partial charge in [0.15, 0.2) is 0 Å². The lowest BCUT2D eigenvalue weighted by Crippen LogP contribution is -2.15. The number of pyridine rings is 1. The number of aromatic hydroxyl groups is 1. The van der Waals surface area contributed by atoms with Gasteiger partial charge in [-0.15, -0.1) is 0 Å². The zero-order valence-electron chi connectivity index (χ0n) is 14.9. The molecule has 3 N–H and O–H groups in total. The Balaban J connectivity index is 1.87. The van der Waals surface area contributed by atoms with Gasteiger partial charge in [0.05, 0.1) is 11.6 Å². The summed E-state index contributed by atoms with van der Waals surface area (Å²) in [4.78, 5) is 15.9. The van der Waals surface area contributed by atoms with E-state index in [0.29, 0.717) is 16.8 Å². The topological polar surface area (TPSA) is 82.5 Å². The maximum absolute atomic E-state index is 11.6. The Bertz CT molecular complexity index is 1140. The Morgan fingerprint density at radius 3 is 2.43 bits per heavy atom. The first-order chi connectivity index (χ1) is 13.6. The first-order valence-electron chi connectivity index (χ1n) is 8.85. The predicted molar refractivity (Wildman–Crippen MR) is 109 cm³/mol. The molecule has 0 saturated heterocycles. The molecule has 5 heteroatoms. The lowest BCUT2D eigenvalue weighted by Gasteiger charge is -2.23. The lowest BCUT2D eigenvalue weighted by molar-refractivity contribution is 0.0698. The number of carbonyl (C=O) groups is 1. The van der Waals surface area contributed by atoms with E-state index in [9.17, 15) is 15.0 Å². The van der Waals surface area contributed by atoms with Crippen LogP contribution in [0.4, 0.5) is 5.69 Å². The van der Waals surface area contributed by atoms with E-state index < -0.39 is 12.0 Å². The van der Waals surface area contributed by atoms with Crippen LogP contribution in [0.2, 0.25) is 0 Å². The van der Waals surface area contributed by atoms with Crippen molar-refractivity contribution in [2.24, 2.45) is 0 Å². The third-order valence-corrected chi connectivity index (χ3v) is 4.68. The molecule has 0 radical (unpaired) electrons. The number of phenolic OH excluding ortho intramolecular Hbond substituents is 1. The molecule has 0 amide bonds. The molecule has 0 aliphatic heterocycles. The van der Waals surface area contributed by atoms with E-state index >= 15 is 0 Å². The second-order valence-electron chi connectivity index (χ2n) is 6.42. The zero-order valence-corrected chi connectivity index (χ0v) is 14.9. The smallest absolute Gasteiger partial charge is 0.337 e. The van der Waals surface area contributed by atoms with E-state index in [0.717, 1.165) is 10.9 Å². The van der Waals surface area contributed by atoms with Crippen LogP contribution in [0.3, 0.4) is 0 Å². The van der Waals surface area contributed by atoms with Gasteiger partial charge in [-0.25, -0.2) is 4.79 Å². The molecule has 3 aromatic carbocycles. The van der Waals surface area contributed by atoms with Crippen molar-refractivity contribution in [3.8, 4) is 5.75 Å². The Labute approximate surface area is 161 Å². The Kier molecular flexibility index (Phi) is 4.64. The fourth-order valence-electron chi connectivity index (χ4n) is 3.32. The van der Waals surface area contributed by atoms with Crippen molar-refractivity contribution in [1.82, 2.24) is 4.98 Å². The first-order valence-corrected chi connectivity index (χ1v) is 8.85. The third kappa shape index (κ3) is 3.25. The summed E-state index contributed by atoms with van der Waals surface area (Å²) < 4.78 is 0. The highest BCUT2D eigenvalue weighted by atomic mass is 16.4. The van der Waals surface area contributed by atoms with Gasteiger partial charge in [-0.2, -0.15) is 0 Å². The Morgan fingerprint density at radius 2 is 1.64 bits per heavy atom. The number of benzene rings is 3. The van der Waals surface area contributed by atoms with Crippen LogP contribution in [0.5, 0.6) is 5.75 Å². The van der Waals surface area contributed by atoms with Gasteiger partial charge in [-0.05, 0) is 23.8 Å². The van der Waals surface area contributed by atoms with E-state index in [4.69, 9.17) is 0 Å². The van der Waals surface area contributed by atoms with Crippen molar-refractivity contribution in [2.45, 2.75) is 6.04 Å². The minimum absolute atomic E-state index is 0.0762. The number of hydrogen-bond acceptors (Lipinski definition) is 4. The molecule has 4 rings (SSSR count). The van der Waals surface area contributed by atoms with Gasteiger partial charge in [0.2, 0.25) is 0 Å². The maximum atomic E-state index is 11.6. The average Bonchev–Trinajstić information content (AvgIpc) is 2.74.